The van der Waals surface area contributed by atoms with Crippen molar-refractivity contribution in [3.8, 4) is 11.5 Å². The molecule has 728 valence electrons. The van der Waals surface area contributed by atoms with E-state index in [0.717, 1.165) is 24.5 Å². The van der Waals surface area contributed by atoms with Crippen molar-refractivity contribution in [3.05, 3.63) is 41.5 Å². The number of rotatable bonds is 24. The van der Waals surface area contributed by atoms with Gasteiger partial charge in [-0.2, -0.15) is 0 Å². The Hall–Kier alpha value is -4.20. The second kappa shape index (κ2) is 39.1. The fourth-order valence-corrected chi connectivity index (χ4v) is 22.8. The second-order valence-electron chi connectivity index (χ2n) is 39.3. The summed E-state index contributed by atoms with van der Waals surface area (Å²) in [5, 5.41) is 244. The number of benzene rings is 1. The minimum Gasteiger partial charge on any atom is -0.504 e. The topological polar surface area (TPSA) is 645 Å². The van der Waals surface area contributed by atoms with Crippen molar-refractivity contribution in [3.63, 3.8) is 0 Å². The number of fused-ring (bicyclic) bond motifs is 7. The van der Waals surface area contributed by atoms with Crippen LogP contribution in [0.15, 0.2) is 35.9 Å². The van der Waals surface area contributed by atoms with E-state index in [1.165, 1.54) is 39.2 Å². The number of carbonyl (C=O) groups excluding carboxylic acids is 2. The van der Waals surface area contributed by atoms with Crippen molar-refractivity contribution in [1.29, 1.82) is 0 Å². The molecule has 12 fully saturated rings. The average Bonchev–Trinajstić information content (AvgIpc) is 0.673. The molecule has 128 heavy (non-hydrogen) atoms. The van der Waals surface area contributed by atoms with Gasteiger partial charge in [0.2, 0.25) is 6.29 Å². The molecule has 1 aromatic rings. The average molecular weight is 1840 g/mol. The molecule has 8 saturated heterocycles. The van der Waals surface area contributed by atoms with Crippen LogP contribution in [0.25, 0.3) is 6.08 Å². The van der Waals surface area contributed by atoms with Crippen LogP contribution in [0.5, 0.6) is 11.5 Å². The summed E-state index contributed by atoms with van der Waals surface area (Å²) in [7, 11) is 1.36. The Bertz CT molecular complexity index is 3970. The summed E-state index contributed by atoms with van der Waals surface area (Å²) in [5.41, 5.74) is -1.49. The molecular formula is C86H132O42. The van der Waals surface area contributed by atoms with Gasteiger partial charge in [0.1, 0.15) is 178 Å². The van der Waals surface area contributed by atoms with E-state index in [1.807, 2.05) is 0 Å². The molecule has 1 aromatic carbocycles. The highest BCUT2D eigenvalue weighted by molar-refractivity contribution is 5.87. The summed E-state index contributed by atoms with van der Waals surface area (Å²) >= 11 is 0. The van der Waals surface area contributed by atoms with Crippen molar-refractivity contribution in [2.75, 3.05) is 46.8 Å². The Balaban J connectivity index is 0.585. The molecule has 0 bridgehead atoms. The number of aliphatic hydroxyl groups excluding tert-OH is 21. The maximum absolute atomic E-state index is 15.4. The van der Waals surface area contributed by atoms with E-state index in [9.17, 15) is 117 Å². The molecule has 46 atom stereocenters. The normalized spacial score (nSPS) is 50.2. The van der Waals surface area contributed by atoms with Gasteiger partial charge in [-0.05, 0) is 147 Å². The predicted octanol–water partition coefficient (Wildman–Crippen LogP) is -5.43. The number of hydrogen-bond donors (Lipinski definition) is 22. The van der Waals surface area contributed by atoms with Crippen molar-refractivity contribution >= 4 is 18.0 Å². The lowest BCUT2D eigenvalue weighted by Crippen LogP contribution is -2.66. The maximum Gasteiger partial charge on any atom is 0.330 e. The third-order valence-corrected chi connectivity index (χ3v) is 30.8. The molecule has 0 radical (unpaired) electrons. The highest BCUT2D eigenvalue weighted by Gasteiger charge is 2.71. The van der Waals surface area contributed by atoms with Gasteiger partial charge >= 0.3 is 11.9 Å². The molecule has 42 nitrogen and oxygen atoms in total. The number of phenolic OH excluding ortho intramolecular Hbond substituents is 1. The number of carbonyl (C=O) groups is 2. The monoisotopic (exact) mass is 1840 g/mol. The molecule has 14 rings (SSSR count). The molecule has 0 unspecified atom stereocenters. The first-order valence-electron chi connectivity index (χ1n) is 44.3. The smallest absolute Gasteiger partial charge is 0.330 e. The molecule has 0 amide bonds. The van der Waals surface area contributed by atoms with Crippen LogP contribution in [0.2, 0.25) is 0 Å². The summed E-state index contributed by atoms with van der Waals surface area (Å²) in [5.74, 6) is -1.81. The van der Waals surface area contributed by atoms with Gasteiger partial charge in [-0.3, -0.25) is 4.79 Å². The quantitative estimate of drug-likeness (QED) is 0.0199. The van der Waals surface area contributed by atoms with Gasteiger partial charge in [-0.15, -0.1) is 0 Å². The number of aromatic hydroxyl groups is 1. The standard InChI is InChI=1S/C86H132O42/c1-33-50(92)56(98)62(104)74(116-33)124-68-41(27-87)118-72(65(107)59(68)101)114-31-44-54(96)58(100)64(106)77(122-44)128-80(110)86-23-21-81(3,4)26-37(86)36-13-15-47-83(7)19-18-48(82(5,6)46(83)17-20-85(47,9)84(36,8)22-24-86)123-79-71(52(94)39(90)29-113-79)127-78-67(109)70(51(93)34(2)117-78)126-73-61(103)55(97)45(32-115-73)120-75-66(108)60(102)69(42(28-88)119-75)125-76-63(105)57(99)53(95)43(121-76)30-112-49(91)16-12-35-11-14-40(111-10)38(89)25-35/h11-14,16,25,33-34,37,39,41-48,50-79,87-90,92-109H,15,17-24,26-32H2,1-10H3/t33-,34-,37-,39-,41+,42+,43+,44+,45+,46-,47+,48-,50-,51-,52-,53+,54+,55+,56+,57-,58-,59+,60+,61+,62+,63+,64+,65+,66+,67+,68+,69+,70+,71+,72+,73-,74-,75-,76-,77-,78-,79-,83-,84+,85+,86-/m0/s1. The highest BCUT2D eigenvalue weighted by Crippen LogP contribution is 2.76. The molecule has 8 heterocycles. The van der Waals surface area contributed by atoms with Crippen LogP contribution in [0, 0.1) is 50.2 Å². The third-order valence-electron chi connectivity index (χ3n) is 30.8. The number of phenols is 1. The van der Waals surface area contributed by atoms with Crippen LogP contribution in [0.1, 0.15) is 132 Å². The summed E-state index contributed by atoms with van der Waals surface area (Å²) < 4.78 is 106. The van der Waals surface area contributed by atoms with E-state index >= 15 is 4.79 Å². The first-order valence-corrected chi connectivity index (χ1v) is 44.3. The van der Waals surface area contributed by atoms with E-state index in [4.69, 9.17) is 85.3 Å². The molecular weight excluding hydrogens is 1700 g/mol. The predicted molar refractivity (Wildman–Crippen MR) is 426 cm³/mol. The first kappa shape index (κ1) is 99.8. The Morgan fingerprint density at radius 1 is 0.477 bits per heavy atom. The second-order valence-corrected chi connectivity index (χ2v) is 39.3. The van der Waals surface area contributed by atoms with Crippen LogP contribution in [0.3, 0.4) is 0 Å². The zero-order valence-corrected chi connectivity index (χ0v) is 73.0. The number of allylic oxidation sites excluding steroid dienone is 2. The van der Waals surface area contributed by atoms with Crippen LogP contribution in [0.4, 0.5) is 0 Å². The number of hydrogen-bond acceptors (Lipinski definition) is 42. The van der Waals surface area contributed by atoms with Crippen molar-refractivity contribution in [2.24, 2.45) is 50.2 Å². The van der Waals surface area contributed by atoms with E-state index < -0.39 is 301 Å². The summed E-state index contributed by atoms with van der Waals surface area (Å²) in [6, 6.07) is 4.32. The summed E-state index contributed by atoms with van der Waals surface area (Å²) in [6.45, 7) is 14.3. The molecule has 8 aliphatic heterocycles. The Morgan fingerprint density at radius 3 is 1.65 bits per heavy atom. The number of esters is 2. The SMILES string of the molecule is COc1ccc(C=CC(=O)OC[C@H]2O[C@@H](O[C@H]3[C@H](O)[C@@H](O)[C@H](O[C@@H]4CO[C@@H](O[C@@H]5[C@@H](O)[C@H](C)O[C@@H](O[C@H]6[C@H](O[C@H]7CC[C@]8(C)[C@H]9CC=C%10[C@@H]%11CC(C)(C)CC[C@]%11(C(=O)O[C@@H]%11O[C@H](CO[C@@H]%12O[C@H](CO)[C@@H](O[C@@H]%13O[C@@H](C)[C@H](O)[C@@H](O)[C@H]%13O)[C@H](O)[C@H]%12O)[C@@H](O)[C@H](O)[C@H]%11O)CC[C@@]%10(C)[C@]9(C)CC[C@H]8C7(C)C)OC[C@H](O)[C@@H]6O)[C@@H]5O)[C@H](O)[C@@H]4O)O[C@@H]3CO)[C@H](O)[C@@H](O)[C@@H]2O)cc1O. The minimum atomic E-state index is -2.09. The van der Waals surface area contributed by atoms with Crippen LogP contribution in [-0.2, 0) is 90.1 Å². The summed E-state index contributed by atoms with van der Waals surface area (Å²) in [4.78, 5) is 28.1. The van der Waals surface area contributed by atoms with Gasteiger partial charge < -0.3 is 198 Å². The van der Waals surface area contributed by atoms with Crippen LogP contribution < -0.4 is 4.74 Å². The van der Waals surface area contributed by atoms with Crippen LogP contribution >= 0.6 is 0 Å². The summed E-state index contributed by atoms with van der Waals surface area (Å²) in [6.07, 6.45) is -56.0. The Morgan fingerprint density at radius 2 is 1.01 bits per heavy atom. The van der Waals surface area contributed by atoms with Gasteiger partial charge in [-0.1, -0.05) is 66.2 Å². The van der Waals surface area contributed by atoms with Gasteiger partial charge in [0, 0.05) is 6.08 Å². The highest BCUT2D eigenvalue weighted by atomic mass is 16.8. The minimum absolute atomic E-state index is 0.0268. The van der Waals surface area contributed by atoms with Gasteiger partial charge in [0.15, 0.2) is 55.5 Å². The maximum atomic E-state index is 15.4. The molecule has 5 aliphatic carbocycles. The van der Waals surface area contributed by atoms with E-state index in [2.05, 4.69) is 54.5 Å². The molecule has 0 aromatic heterocycles. The molecule has 4 saturated carbocycles. The lowest BCUT2D eigenvalue weighted by molar-refractivity contribution is -0.386. The lowest BCUT2D eigenvalue weighted by Gasteiger charge is -2.71. The largest absolute Gasteiger partial charge is 0.504 e. The van der Waals surface area contributed by atoms with Crippen molar-refractivity contribution in [2.45, 2.75) is 366 Å². The van der Waals surface area contributed by atoms with Gasteiger partial charge in [0.05, 0.1) is 63.9 Å². The lowest BCUT2D eigenvalue weighted by atomic mass is 9.33. The van der Waals surface area contributed by atoms with E-state index in [-0.39, 0.29) is 52.1 Å². The Labute approximate surface area is 738 Å². The molecule has 22 N–H and O–H groups in total. The van der Waals surface area contributed by atoms with Crippen LogP contribution in [-0.4, -0.2) is 411 Å². The first-order chi connectivity index (χ1) is 60.3. The fraction of sp³-hybridized carbons (Fsp3) is 0.860. The molecule has 42 heteroatoms. The number of ether oxygens (including phenoxy) is 18. The van der Waals surface area contributed by atoms with E-state index in [1.54, 1.807) is 6.07 Å². The fourth-order valence-electron chi connectivity index (χ4n) is 22.8. The van der Waals surface area contributed by atoms with Gasteiger partial charge in [-0.25, -0.2) is 4.79 Å². The van der Waals surface area contributed by atoms with Gasteiger partial charge in [0.25, 0.3) is 0 Å². The zero-order valence-electron chi connectivity index (χ0n) is 73.0. The number of methoxy groups -OCH3 is 1. The molecule has 0 spiro atoms. The van der Waals surface area contributed by atoms with Crippen molar-refractivity contribution in [1.82, 2.24) is 0 Å². The zero-order chi connectivity index (χ0) is 93.0. The van der Waals surface area contributed by atoms with E-state index in [0.29, 0.717) is 56.9 Å². The van der Waals surface area contributed by atoms with Crippen molar-refractivity contribution < 1.29 is 207 Å². The number of aliphatic hydroxyl groups is 21. The molecule has 13 aliphatic rings. The Kier molecular flexibility index (Phi) is 30.5. The third kappa shape index (κ3) is 18.6.